The normalized spacial score (nSPS) is 17.5. The summed E-state index contributed by atoms with van der Waals surface area (Å²) in [7, 11) is 3.44. The number of carbonyl (C=O) groups excluding carboxylic acids is 1. The van der Waals surface area contributed by atoms with Crippen LogP contribution in [0.4, 0.5) is 11.4 Å². The van der Waals surface area contributed by atoms with E-state index in [9.17, 15) is 4.79 Å². The van der Waals surface area contributed by atoms with Crippen molar-refractivity contribution in [2.45, 2.75) is 41.8 Å². The molecule has 0 saturated carbocycles. The number of halogens is 1. The van der Waals surface area contributed by atoms with Gasteiger partial charge in [-0.15, -0.1) is 0 Å². The van der Waals surface area contributed by atoms with E-state index in [1.54, 1.807) is 30.8 Å². The standard InChI is InChI=1S/C23H27ClN2O4S/c1-25(15-27)9-5-10-26-17-12-16(24)7-8-21(17)31-22-14-20(19(28-2)13-18(22)26)30-23-6-3-4-11-29-23/h7-8,12-15,23H,3-6,9-11H2,1-2H3. The quantitative estimate of drug-likeness (QED) is 0.494. The van der Waals surface area contributed by atoms with Crippen molar-refractivity contribution in [3.8, 4) is 11.5 Å². The molecule has 2 aliphatic rings. The molecular weight excluding hydrogens is 436 g/mol. The Kier molecular flexibility index (Phi) is 7.15. The van der Waals surface area contributed by atoms with Crippen LogP contribution < -0.4 is 14.4 Å². The number of carbonyl (C=O) groups is 1. The third kappa shape index (κ3) is 5.05. The second-order valence-electron chi connectivity index (χ2n) is 7.69. The highest BCUT2D eigenvalue weighted by atomic mass is 35.5. The van der Waals surface area contributed by atoms with Crippen LogP contribution in [0.5, 0.6) is 11.5 Å². The summed E-state index contributed by atoms with van der Waals surface area (Å²) in [5, 5.41) is 0.694. The molecule has 1 unspecified atom stereocenters. The van der Waals surface area contributed by atoms with Crippen LogP contribution in [0.2, 0.25) is 5.02 Å². The van der Waals surface area contributed by atoms with Crippen molar-refractivity contribution in [1.82, 2.24) is 4.90 Å². The van der Waals surface area contributed by atoms with Crippen LogP contribution in [0.3, 0.4) is 0 Å². The number of methoxy groups -OCH3 is 1. The van der Waals surface area contributed by atoms with Crippen LogP contribution in [0, 0.1) is 0 Å². The lowest BCUT2D eigenvalue weighted by Crippen LogP contribution is -2.27. The molecule has 31 heavy (non-hydrogen) atoms. The number of hydrogen-bond acceptors (Lipinski definition) is 6. The van der Waals surface area contributed by atoms with Crippen LogP contribution in [-0.2, 0) is 9.53 Å². The van der Waals surface area contributed by atoms with Gasteiger partial charge in [-0.3, -0.25) is 4.79 Å². The van der Waals surface area contributed by atoms with Gasteiger partial charge in [-0.25, -0.2) is 0 Å². The Hall–Kier alpha value is -2.09. The average Bonchev–Trinajstić information content (AvgIpc) is 2.79. The van der Waals surface area contributed by atoms with Gasteiger partial charge in [0, 0.05) is 53.5 Å². The fourth-order valence-electron chi connectivity index (χ4n) is 3.83. The van der Waals surface area contributed by atoms with E-state index < -0.39 is 0 Å². The van der Waals surface area contributed by atoms with Gasteiger partial charge in [0.1, 0.15) is 0 Å². The Morgan fingerprint density at radius 2 is 2.06 bits per heavy atom. The Balaban J connectivity index is 1.66. The zero-order valence-electron chi connectivity index (χ0n) is 17.8. The van der Waals surface area contributed by atoms with Gasteiger partial charge >= 0.3 is 0 Å². The molecule has 0 aliphatic carbocycles. The lowest BCUT2D eigenvalue weighted by atomic mass is 10.2. The van der Waals surface area contributed by atoms with Crippen molar-refractivity contribution < 1.29 is 19.0 Å². The summed E-state index contributed by atoms with van der Waals surface area (Å²) >= 11 is 8.01. The van der Waals surface area contributed by atoms with E-state index in [0.29, 0.717) is 23.1 Å². The minimum atomic E-state index is -0.240. The smallest absolute Gasteiger partial charge is 0.209 e. The molecule has 2 aromatic rings. The Morgan fingerprint density at radius 1 is 1.23 bits per heavy atom. The molecule has 4 rings (SSSR count). The van der Waals surface area contributed by atoms with Crippen LogP contribution >= 0.6 is 23.4 Å². The first-order chi connectivity index (χ1) is 15.1. The van der Waals surface area contributed by atoms with E-state index in [1.807, 2.05) is 30.3 Å². The molecule has 0 aromatic heterocycles. The first kappa shape index (κ1) is 22.1. The molecule has 8 heteroatoms. The molecule has 0 bridgehead atoms. The van der Waals surface area contributed by atoms with Crippen molar-refractivity contribution in [3.05, 3.63) is 35.4 Å². The van der Waals surface area contributed by atoms with E-state index in [2.05, 4.69) is 4.90 Å². The maximum atomic E-state index is 11.0. The molecule has 2 heterocycles. The maximum absolute atomic E-state index is 11.0. The molecule has 1 atom stereocenters. The molecule has 0 N–H and O–H groups in total. The van der Waals surface area contributed by atoms with E-state index in [0.717, 1.165) is 66.4 Å². The molecule has 1 saturated heterocycles. The summed E-state index contributed by atoms with van der Waals surface area (Å²) < 4.78 is 17.6. The number of amides is 1. The first-order valence-corrected chi connectivity index (χ1v) is 11.7. The zero-order valence-corrected chi connectivity index (χ0v) is 19.4. The molecule has 0 radical (unpaired) electrons. The van der Waals surface area contributed by atoms with Gasteiger partial charge in [-0.2, -0.15) is 0 Å². The monoisotopic (exact) mass is 462 g/mol. The molecule has 6 nitrogen and oxygen atoms in total. The fourth-order valence-corrected chi connectivity index (χ4v) is 5.08. The molecule has 1 amide bonds. The van der Waals surface area contributed by atoms with Crippen molar-refractivity contribution in [3.63, 3.8) is 0 Å². The first-order valence-electron chi connectivity index (χ1n) is 10.5. The second-order valence-corrected chi connectivity index (χ2v) is 9.21. The van der Waals surface area contributed by atoms with Gasteiger partial charge in [0.15, 0.2) is 17.8 Å². The lowest BCUT2D eigenvalue weighted by molar-refractivity contribution is -0.117. The highest BCUT2D eigenvalue weighted by molar-refractivity contribution is 7.99. The van der Waals surface area contributed by atoms with E-state index in [-0.39, 0.29) is 6.29 Å². The Morgan fingerprint density at radius 3 is 2.81 bits per heavy atom. The minimum Gasteiger partial charge on any atom is -0.493 e. The number of benzene rings is 2. The van der Waals surface area contributed by atoms with Gasteiger partial charge in [0.2, 0.25) is 6.41 Å². The van der Waals surface area contributed by atoms with Crippen molar-refractivity contribution in [2.75, 3.05) is 38.8 Å². The highest BCUT2D eigenvalue weighted by Crippen LogP contribution is 2.52. The predicted molar refractivity (Wildman–Crippen MR) is 123 cm³/mol. The van der Waals surface area contributed by atoms with Gasteiger partial charge in [-0.1, -0.05) is 23.4 Å². The molecule has 1 fully saturated rings. The van der Waals surface area contributed by atoms with Crippen molar-refractivity contribution >= 4 is 41.1 Å². The van der Waals surface area contributed by atoms with E-state index in [1.165, 1.54) is 0 Å². The predicted octanol–water partition coefficient (Wildman–Crippen LogP) is 5.34. The zero-order chi connectivity index (χ0) is 21.8. The van der Waals surface area contributed by atoms with E-state index in [4.69, 9.17) is 25.8 Å². The molecule has 2 aliphatic heterocycles. The number of fused-ring (bicyclic) bond motifs is 2. The average molecular weight is 463 g/mol. The van der Waals surface area contributed by atoms with Gasteiger partial charge in [0.25, 0.3) is 0 Å². The number of ether oxygens (including phenoxy) is 3. The number of anilines is 2. The van der Waals surface area contributed by atoms with Crippen LogP contribution in [0.1, 0.15) is 25.7 Å². The SMILES string of the molecule is COc1cc2c(cc1OC1CCCCO1)Sc1ccc(Cl)cc1N2CCCN(C)C=O. The summed E-state index contributed by atoms with van der Waals surface area (Å²) in [6, 6.07) is 10.0. The minimum absolute atomic E-state index is 0.240. The number of nitrogens with zero attached hydrogens (tertiary/aromatic N) is 2. The molecule has 166 valence electrons. The fraction of sp³-hybridized carbons (Fsp3) is 0.435. The molecule has 2 aromatic carbocycles. The second kappa shape index (κ2) is 10.0. The number of hydrogen-bond donors (Lipinski definition) is 0. The van der Waals surface area contributed by atoms with Crippen LogP contribution in [-0.4, -0.2) is 51.5 Å². The topological polar surface area (TPSA) is 51.2 Å². The molecule has 0 spiro atoms. The van der Waals surface area contributed by atoms with Crippen molar-refractivity contribution in [2.24, 2.45) is 0 Å². The third-order valence-corrected chi connectivity index (χ3v) is 6.78. The largest absolute Gasteiger partial charge is 0.493 e. The van der Waals surface area contributed by atoms with Crippen molar-refractivity contribution in [1.29, 1.82) is 0 Å². The summed E-state index contributed by atoms with van der Waals surface area (Å²) in [6.07, 6.45) is 4.49. The lowest BCUT2D eigenvalue weighted by Gasteiger charge is -2.34. The maximum Gasteiger partial charge on any atom is 0.209 e. The Bertz CT molecular complexity index is 936. The molecular formula is C23H27ClN2O4S. The summed E-state index contributed by atoms with van der Waals surface area (Å²) in [5.41, 5.74) is 2.10. The summed E-state index contributed by atoms with van der Waals surface area (Å²) in [6.45, 7) is 2.15. The summed E-state index contributed by atoms with van der Waals surface area (Å²) in [5.74, 6) is 1.37. The van der Waals surface area contributed by atoms with E-state index >= 15 is 0 Å². The highest BCUT2D eigenvalue weighted by Gasteiger charge is 2.27. The third-order valence-electron chi connectivity index (χ3n) is 5.44. The van der Waals surface area contributed by atoms with Crippen LogP contribution in [0.25, 0.3) is 0 Å². The summed E-state index contributed by atoms with van der Waals surface area (Å²) in [4.78, 5) is 17.1. The number of rotatable bonds is 8. The van der Waals surface area contributed by atoms with Gasteiger partial charge < -0.3 is 24.0 Å². The van der Waals surface area contributed by atoms with Crippen LogP contribution in [0.15, 0.2) is 40.1 Å². The van der Waals surface area contributed by atoms with Gasteiger partial charge in [0.05, 0.1) is 25.1 Å². The van der Waals surface area contributed by atoms with Gasteiger partial charge in [-0.05, 0) is 37.5 Å². The Labute approximate surface area is 192 Å².